The summed E-state index contributed by atoms with van der Waals surface area (Å²) in [7, 11) is 0. The Morgan fingerprint density at radius 3 is 1.47 bits per heavy atom. The first-order valence-electron chi connectivity index (χ1n) is 18.1. The Morgan fingerprint density at radius 2 is 1.04 bits per heavy atom. The third-order valence-electron chi connectivity index (χ3n) is 12.4. The Morgan fingerprint density at radius 1 is 0.600 bits per heavy atom. The molecule has 5 rings (SSSR count). The molecule has 0 radical (unpaired) electrons. The van der Waals surface area contributed by atoms with Crippen LogP contribution in [0.3, 0.4) is 0 Å². The summed E-state index contributed by atoms with van der Waals surface area (Å²) in [6.45, 7) is 2.29. The van der Waals surface area contributed by atoms with Crippen molar-refractivity contribution in [2.75, 3.05) is 0 Å². The number of benzene rings is 1. The molecule has 1 aromatic rings. The molecule has 0 unspecified atom stereocenters. The highest BCUT2D eigenvalue weighted by Crippen LogP contribution is 2.49. The van der Waals surface area contributed by atoms with E-state index < -0.39 is 35.7 Å². The molecule has 45 heavy (non-hydrogen) atoms. The van der Waals surface area contributed by atoms with E-state index in [0.717, 1.165) is 48.5 Å². The number of halogens is 6. The second kappa shape index (κ2) is 15.5. The first-order chi connectivity index (χ1) is 21.5. The predicted octanol–water partition coefficient (Wildman–Crippen LogP) is 12.5. The lowest BCUT2D eigenvalue weighted by molar-refractivity contribution is -0.275. The molecule has 0 heterocycles. The number of hydrogen-bond acceptors (Lipinski definition) is 2. The summed E-state index contributed by atoms with van der Waals surface area (Å²) in [6, 6.07) is 2.06. The maximum atomic E-state index is 15.0. The molecule has 4 aliphatic carbocycles. The Bertz CT molecular complexity index is 1030. The summed E-state index contributed by atoms with van der Waals surface area (Å²) in [4.78, 5) is 0. The first kappa shape index (κ1) is 34.7. The normalized spacial score (nSPS) is 33.5. The summed E-state index contributed by atoms with van der Waals surface area (Å²) in [5.41, 5.74) is 0. The van der Waals surface area contributed by atoms with Crippen LogP contribution in [0, 0.1) is 53.2 Å². The second-order valence-corrected chi connectivity index (χ2v) is 15.0. The molecule has 256 valence electrons. The fraction of sp³-hybridized carbons (Fsp3) is 0.838. The van der Waals surface area contributed by atoms with Crippen molar-refractivity contribution in [3.63, 3.8) is 0 Å². The molecule has 4 fully saturated rings. The quantitative estimate of drug-likeness (QED) is 0.176. The van der Waals surface area contributed by atoms with Gasteiger partial charge >= 0.3 is 12.5 Å². The van der Waals surface area contributed by atoms with Crippen LogP contribution in [0.25, 0.3) is 0 Å². The smallest absolute Gasteiger partial charge is 0.432 e. The standard InChI is InChI=1S/C37H54F6O2/c1-2-3-4-5-25-6-8-26(9-7-25)27-10-12-28(13-11-27)29-14-16-30(17-15-29)31-18-20-32(21-19-31)36(39,40)44-33-22-23-35(34(38)24-33)45-37(41,42)43/h22-32H,2-21H2,1H3. The average Bonchev–Trinajstić information content (AvgIpc) is 3.02. The average molecular weight is 645 g/mol. The van der Waals surface area contributed by atoms with Gasteiger partial charge in [0.25, 0.3) is 0 Å². The Hall–Kier alpha value is -1.60. The largest absolute Gasteiger partial charge is 0.573 e. The minimum Gasteiger partial charge on any atom is -0.432 e. The van der Waals surface area contributed by atoms with Crippen LogP contribution in [0.2, 0.25) is 0 Å². The fourth-order valence-corrected chi connectivity index (χ4v) is 9.73. The fourth-order valence-electron chi connectivity index (χ4n) is 9.73. The topological polar surface area (TPSA) is 18.5 Å². The van der Waals surface area contributed by atoms with Crippen molar-refractivity contribution in [3.8, 4) is 11.5 Å². The molecule has 0 bridgehead atoms. The van der Waals surface area contributed by atoms with E-state index in [4.69, 9.17) is 4.74 Å². The van der Waals surface area contributed by atoms with Crippen molar-refractivity contribution in [3.05, 3.63) is 24.0 Å². The van der Waals surface area contributed by atoms with Gasteiger partial charge in [-0.3, -0.25) is 0 Å². The van der Waals surface area contributed by atoms with Gasteiger partial charge in [-0.1, -0.05) is 45.4 Å². The molecule has 0 spiro atoms. The van der Waals surface area contributed by atoms with Crippen LogP contribution < -0.4 is 9.47 Å². The van der Waals surface area contributed by atoms with E-state index in [1.807, 2.05) is 0 Å². The molecule has 0 atom stereocenters. The number of rotatable bonds is 11. The molecule has 0 N–H and O–H groups in total. The molecule has 0 saturated heterocycles. The van der Waals surface area contributed by atoms with E-state index in [-0.39, 0.29) is 0 Å². The van der Waals surface area contributed by atoms with Gasteiger partial charge in [0, 0.05) is 6.07 Å². The van der Waals surface area contributed by atoms with Gasteiger partial charge in [-0.15, -0.1) is 13.2 Å². The summed E-state index contributed by atoms with van der Waals surface area (Å²) in [6.07, 6.45) is 15.6. The SMILES string of the molecule is CCCCCC1CCC(C2CCC(C3CCC(C4CCC(C(F)(F)Oc5ccc(OC(F)(F)F)c(F)c5)CC4)CC3)CC2)CC1. The van der Waals surface area contributed by atoms with Gasteiger partial charge in [0.1, 0.15) is 5.75 Å². The van der Waals surface area contributed by atoms with E-state index in [2.05, 4.69) is 11.7 Å². The molecule has 4 saturated carbocycles. The maximum Gasteiger partial charge on any atom is 0.573 e. The van der Waals surface area contributed by atoms with Crippen LogP contribution in [0.5, 0.6) is 11.5 Å². The summed E-state index contributed by atoms with van der Waals surface area (Å²) in [5.74, 6) is 1.70. The summed E-state index contributed by atoms with van der Waals surface area (Å²) < 4.78 is 89.5. The zero-order chi connectivity index (χ0) is 32.0. The molecule has 0 amide bonds. The third-order valence-corrected chi connectivity index (χ3v) is 12.4. The van der Waals surface area contributed by atoms with E-state index >= 15 is 0 Å². The van der Waals surface area contributed by atoms with E-state index in [9.17, 15) is 26.3 Å². The highest BCUT2D eigenvalue weighted by atomic mass is 19.4. The second-order valence-electron chi connectivity index (χ2n) is 15.0. The molecule has 0 aliphatic heterocycles. The van der Waals surface area contributed by atoms with E-state index in [1.165, 1.54) is 103 Å². The molecule has 4 aliphatic rings. The lowest BCUT2D eigenvalue weighted by Crippen LogP contribution is -2.38. The third kappa shape index (κ3) is 9.72. The van der Waals surface area contributed by atoms with Gasteiger partial charge in [-0.25, -0.2) is 4.39 Å². The number of alkyl halides is 5. The van der Waals surface area contributed by atoms with Crippen molar-refractivity contribution >= 4 is 0 Å². The van der Waals surface area contributed by atoms with Crippen LogP contribution in [0.15, 0.2) is 18.2 Å². The van der Waals surface area contributed by atoms with Crippen LogP contribution in [0.4, 0.5) is 26.3 Å². The van der Waals surface area contributed by atoms with Gasteiger partial charge in [-0.05, 0) is 143 Å². The lowest BCUT2D eigenvalue weighted by atomic mass is 9.63. The van der Waals surface area contributed by atoms with Crippen molar-refractivity contribution in [2.24, 2.45) is 47.3 Å². The molecule has 1 aromatic carbocycles. The maximum absolute atomic E-state index is 15.0. The Kier molecular flexibility index (Phi) is 12.0. The predicted molar refractivity (Wildman–Crippen MR) is 165 cm³/mol. The minimum absolute atomic E-state index is 0.333. The lowest BCUT2D eigenvalue weighted by Gasteiger charge is -2.43. The Labute approximate surface area is 266 Å². The van der Waals surface area contributed by atoms with E-state index in [0.29, 0.717) is 36.8 Å². The monoisotopic (exact) mass is 644 g/mol. The van der Waals surface area contributed by atoms with Gasteiger partial charge in [0.15, 0.2) is 11.6 Å². The summed E-state index contributed by atoms with van der Waals surface area (Å²) >= 11 is 0. The molecular weight excluding hydrogens is 590 g/mol. The first-order valence-corrected chi connectivity index (χ1v) is 18.1. The summed E-state index contributed by atoms with van der Waals surface area (Å²) in [5, 5.41) is 0. The van der Waals surface area contributed by atoms with Crippen molar-refractivity contribution in [2.45, 2.75) is 148 Å². The van der Waals surface area contributed by atoms with Gasteiger partial charge in [0.2, 0.25) is 0 Å². The zero-order valence-corrected chi connectivity index (χ0v) is 27.1. The van der Waals surface area contributed by atoms with Crippen LogP contribution >= 0.6 is 0 Å². The molecular formula is C37H54F6O2. The number of unbranched alkanes of at least 4 members (excludes halogenated alkanes) is 2. The van der Waals surface area contributed by atoms with Crippen LogP contribution in [-0.2, 0) is 0 Å². The molecule has 8 heteroatoms. The van der Waals surface area contributed by atoms with Crippen molar-refractivity contribution in [1.29, 1.82) is 0 Å². The number of ether oxygens (including phenoxy) is 2. The zero-order valence-electron chi connectivity index (χ0n) is 27.1. The van der Waals surface area contributed by atoms with Crippen LogP contribution in [-0.4, -0.2) is 12.5 Å². The van der Waals surface area contributed by atoms with E-state index in [1.54, 1.807) is 0 Å². The van der Waals surface area contributed by atoms with Gasteiger partial charge < -0.3 is 9.47 Å². The van der Waals surface area contributed by atoms with Gasteiger partial charge in [-0.2, -0.15) is 8.78 Å². The highest BCUT2D eigenvalue weighted by Gasteiger charge is 2.45. The molecule has 0 aromatic heterocycles. The van der Waals surface area contributed by atoms with Gasteiger partial charge in [0.05, 0.1) is 5.92 Å². The minimum atomic E-state index is -5.07. The molecule has 2 nitrogen and oxygen atoms in total. The highest BCUT2D eigenvalue weighted by molar-refractivity contribution is 5.33. The van der Waals surface area contributed by atoms with Crippen LogP contribution in [0.1, 0.15) is 135 Å². The Balaban J connectivity index is 0.994. The number of hydrogen-bond donors (Lipinski definition) is 0. The van der Waals surface area contributed by atoms with Crippen molar-refractivity contribution in [1.82, 2.24) is 0 Å². The van der Waals surface area contributed by atoms with Crippen molar-refractivity contribution < 1.29 is 35.8 Å².